The fourth-order valence-corrected chi connectivity index (χ4v) is 6.16. The molecular formula is C29H37ClN4O2. The van der Waals surface area contributed by atoms with Crippen molar-refractivity contribution in [3.8, 4) is 0 Å². The summed E-state index contributed by atoms with van der Waals surface area (Å²) < 4.78 is 0. The van der Waals surface area contributed by atoms with E-state index in [0.717, 1.165) is 73.8 Å². The van der Waals surface area contributed by atoms with Crippen molar-refractivity contribution in [3.05, 3.63) is 59.1 Å². The van der Waals surface area contributed by atoms with Gasteiger partial charge in [-0.05, 0) is 49.9 Å². The van der Waals surface area contributed by atoms with Crippen molar-refractivity contribution in [2.24, 2.45) is 5.92 Å². The molecule has 2 amide bonds. The third kappa shape index (κ3) is 5.64. The molecule has 0 bridgehead atoms. The van der Waals surface area contributed by atoms with Crippen LogP contribution in [0.4, 0.5) is 11.4 Å². The molecule has 0 aromatic heterocycles. The molecule has 2 aromatic rings. The van der Waals surface area contributed by atoms with E-state index in [1.807, 2.05) is 47.4 Å². The second kappa shape index (κ2) is 11.5. The minimum Gasteiger partial charge on any atom is -0.371 e. The number of halogens is 1. The lowest BCUT2D eigenvalue weighted by molar-refractivity contribution is -0.126. The van der Waals surface area contributed by atoms with Crippen molar-refractivity contribution in [2.75, 3.05) is 49.1 Å². The van der Waals surface area contributed by atoms with Crippen LogP contribution in [0.5, 0.6) is 0 Å². The van der Waals surface area contributed by atoms with Crippen LogP contribution in [0.2, 0.25) is 5.02 Å². The Bertz CT molecular complexity index is 1050. The molecule has 2 aromatic carbocycles. The molecule has 3 fully saturated rings. The summed E-state index contributed by atoms with van der Waals surface area (Å²) in [6.45, 7) is 4.58. The highest BCUT2D eigenvalue weighted by molar-refractivity contribution is 6.33. The lowest BCUT2D eigenvalue weighted by Crippen LogP contribution is -2.49. The van der Waals surface area contributed by atoms with Gasteiger partial charge >= 0.3 is 0 Å². The van der Waals surface area contributed by atoms with Gasteiger partial charge in [-0.1, -0.05) is 55.1 Å². The molecule has 1 N–H and O–H groups in total. The Labute approximate surface area is 219 Å². The van der Waals surface area contributed by atoms with E-state index in [4.69, 9.17) is 11.6 Å². The van der Waals surface area contributed by atoms with Gasteiger partial charge in [0.05, 0.1) is 16.3 Å². The predicted octanol–water partition coefficient (Wildman–Crippen LogP) is 4.97. The second-order valence-corrected chi connectivity index (χ2v) is 10.8. The molecule has 0 atom stereocenters. The maximum absolute atomic E-state index is 13.6. The highest BCUT2D eigenvalue weighted by Gasteiger charge is 2.29. The van der Waals surface area contributed by atoms with Gasteiger partial charge in [0.25, 0.3) is 5.91 Å². The number of hydrogen-bond acceptors (Lipinski definition) is 4. The SMILES string of the molecule is O=C(NC1CCN(c2ccccc2C(=O)N2CCN(c3ccccc3Cl)CC2)CC1)C1CCCCC1. The summed E-state index contributed by atoms with van der Waals surface area (Å²) in [6, 6.07) is 16.1. The normalized spacial score (nSPS) is 19.9. The molecule has 192 valence electrons. The molecular weight excluding hydrogens is 472 g/mol. The van der Waals surface area contributed by atoms with E-state index in [-0.39, 0.29) is 23.8 Å². The maximum Gasteiger partial charge on any atom is 0.256 e. The molecule has 3 aliphatic rings. The summed E-state index contributed by atoms with van der Waals surface area (Å²) in [6.07, 6.45) is 7.51. The van der Waals surface area contributed by atoms with Crippen LogP contribution in [0.3, 0.4) is 0 Å². The van der Waals surface area contributed by atoms with Gasteiger partial charge in [0, 0.05) is 56.9 Å². The smallest absolute Gasteiger partial charge is 0.256 e. The Balaban J connectivity index is 1.17. The van der Waals surface area contributed by atoms with E-state index in [1.165, 1.54) is 19.3 Å². The molecule has 0 unspecified atom stereocenters. The van der Waals surface area contributed by atoms with Crippen LogP contribution in [-0.2, 0) is 4.79 Å². The van der Waals surface area contributed by atoms with Gasteiger partial charge in [0.15, 0.2) is 0 Å². The molecule has 0 spiro atoms. The molecule has 5 rings (SSSR count). The Morgan fingerprint density at radius 2 is 1.33 bits per heavy atom. The number of carbonyl (C=O) groups excluding carboxylic acids is 2. The molecule has 1 aliphatic carbocycles. The molecule has 6 nitrogen and oxygen atoms in total. The molecule has 0 radical (unpaired) electrons. The zero-order chi connectivity index (χ0) is 24.9. The van der Waals surface area contributed by atoms with Crippen molar-refractivity contribution in [3.63, 3.8) is 0 Å². The molecule has 7 heteroatoms. The van der Waals surface area contributed by atoms with Crippen LogP contribution in [0.25, 0.3) is 0 Å². The van der Waals surface area contributed by atoms with Gasteiger partial charge in [0.1, 0.15) is 0 Å². The standard InChI is InChI=1S/C29H37ClN4O2/c30-25-11-5-7-13-27(25)33-18-20-34(21-19-33)29(36)24-10-4-6-12-26(24)32-16-14-23(15-17-32)31-28(35)22-8-2-1-3-9-22/h4-7,10-13,22-23H,1-3,8-9,14-21H2,(H,31,35). The largest absolute Gasteiger partial charge is 0.371 e. The highest BCUT2D eigenvalue weighted by Crippen LogP contribution is 2.29. The number of benzene rings is 2. The van der Waals surface area contributed by atoms with E-state index >= 15 is 0 Å². The van der Waals surface area contributed by atoms with Crippen molar-refractivity contribution in [2.45, 2.75) is 51.0 Å². The van der Waals surface area contributed by atoms with Crippen LogP contribution in [-0.4, -0.2) is 62.0 Å². The number of piperidine rings is 1. The summed E-state index contributed by atoms with van der Waals surface area (Å²) in [5.41, 5.74) is 2.81. The third-order valence-corrected chi connectivity index (χ3v) is 8.37. The van der Waals surface area contributed by atoms with Crippen LogP contribution in [0.1, 0.15) is 55.3 Å². The van der Waals surface area contributed by atoms with Crippen molar-refractivity contribution in [1.29, 1.82) is 0 Å². The topological polar surface area (TPSA) is 55.9 Å². The summed E-state index contributed by atoms with van der Waals surface area (Å²) in [7, 11) is 0. The summed E-state index contributed by atoms with van der Waals surface area (Å²) in [5.74, 6) is 0.547. The monoisotopic (exact) mass is 508 g/mol. The minimum absolute atomic E-state index is 0.0946. The van der Waals surface area contributed by atoms with Crippen molar-refractivity contribution >= 4 is 34.8 Å². The number of hydrogen-bond donors (Lipinski definition) is 1. The Morgan fingerprint density at radius 3 is 2.03 bits per heavy atom. The van der Waals surface area contributed by atoms with Gasteiger partial charge in [-0.3, -0.25) is 9.59 Å². The van der Waals surface area contributed by atoms with Gasteiger partial charge in [0.2, 0.25) is 5.91 Å². The summed E-state index contributed by atoms with van der Waals surface area (Å²) >= 11 is 6.39. The summed E-state index contributed by atoms with van der Waals surface area (Å²) in [5, 5.41) is 4.07. The van der Waals surface area contributed by atoms with E-state index in [9.17, 15) is 9.59 Å². The average Bonchev–Trinajstić information content (AvgIpc) is 2.94. The van der Waals surface area contributed by atoms with E-state index < -0.39 is 0 Å². The minimum atomic E-state index is 0.0946. The number of rotatable bonds is 5. The van der Waals surface area contributed by atoms with Crippen molar-refractivity contribution in [1.82, 2.24) is 10.2 Å². The van der Waals surface area contributed by atoms with Gasteiger partial charge in [-0.2, -0.15) is 0 Å². The lowest BCUT2D eigenvalue weighted by atomic mass is 9.88. The van der Waals surface area contributed by atoms with E-state index in [2.05, 4.69) is 21.2 Å². The first-order chi connectivity index (χ1) is 17.6. The van der Waals surface area contributed by atoms with E-state index in [0.29, 0.717) is 13.1 Å². The number of nitrogens with zero attached hydrogens (tertiary/aromatic N) is 3. The molecule has 2 heterocycles. The van der Waals surface area contributed by atoms with E-state index in [1.54, 1.807) is 0 Å². The zero-order valence-electron chi connectivity index (χ0n) is 21.0. The quantitative estimate of drug-likeness (QED) is 0.619. The fourth-order valence-electron chi connectivity index (χ4n) is 5.91. The number of anilines is 2. The van der Waals surface area contributed by atoms with Gasteiger partial charge in [-0.25, -0.2) is 0 Å². The number of para-hydroxylation sites is 2. The van der Waals surface area contributed by atoms with Crippen molar-refractivity contribution < 1.29 is 9.59 Å². The second-order valence-electron chi connectivity index (χ2n) is 10.4. The Hall–Kier alpha value is -2.73. The number of nitrogens with one attached hydrogen (secondary N) is 1. The number of carbonyl (C=O) groups is 2. The Morgan fingerprint density at radius 1 is 0.722 bits per heavy atom. The van der Waals surface area contributed by atoms with Gasteiger partial charge in [-0.15, -0.1) is 0 Å². The maximum atomic E-state index is 13.6. The molecule has 1 saturated carbocycles. The average molecular weight is 509 g/mol. The third-order valence-electron chi connectivity index (χ3n) is 8.05. The predicted molar refractivity (Wildman–Crippen MR) is 146 cm³/mol. The van der Waals surface area contributed by atoms with Crippen LogP contribution in [0.15, 0.2) is 48.5 Å². The van der Waals surface area contributed by atoms with Gasteiger partial charge < -0.3 is 20.0 Å². The number of amides is 2. The van der Waals surface area contributed by atoms with Crippen LogP contribution < -0.4 is 15.1 Å². The molecule has 2 aliphatic heterocycles. The van der Waals surface area contributed by atoms with Crippen LogP contribution >= 0.6 is 11.6 Å². The lowest BCUT2D eigenvalue weighted by Gasteiger charge is -2.38. The first kappa shape index (κ1) is 24.9. The van der Waals surface area contributed by atoms with Crippen LogP contribution in [0, 0.1) is 5.92 Å². The summed E-state index contributed by atoms with van der Waals surface area (Å²) in [4.78, 5) is 32.8. The first-order valence-corrected chi connectivity index (χ1v) is 13.9. The number of piperazine rings is 1. The molecule has 36 heavy (non-hydrogen) atoms. The Kier molecular flexibility index (Phi) is 8.00. The first-order valence-electron chi connectivity index (χ1n) is 13.5. The zero-order valence-corrected chi connectivity index (χ0v) is 21.8. The fraction of sp³-hybridized carbons (Fsp3) is 0.517. The molecule has 2 saturated heterocycles. The highest BCUT2D eigenvalue weighted by atomic mass is 35.5.